The van der Waals surface area contributed by atoms with Gasteiger partial charge in [-0.15, -0.1) is 0 Å². The lowest BCUT2D eigenvalue weighted by atomic mass is 10.2. The molecule has 0 fully saturated rings. The van der Waals surface area contributed by atoms with Gasteiger partial charge in [0.1, 0.15) is 11.9 Å². The predicted octanol–water partition coefficient (Wildman–Crippen LogP) is 4.26. The van der Waals surface area contributed by atoms with Gasteiger partial charge in [-0.2, -0.15) is 0 Å². The van der Waals surface area contributed by atoms with E-state index < -0.39 is 0 Å². The first kappa shape index (κ1) is 14.1. The van der Waals surface area contributed by atoms with E-state index in [0.717, 1.165) is 17.3 Å². The van der Waals surface area contributed by atoms with Crippen molar-refractivity contribution < 1.29 is 4.74 Å². The van der Waals surface area contributed by atoms with Crippen LogP contribution in [0.1, 0.15) is 19.8 Å². The summed E-state index contributed by atoms with van der Waals surface area (Å²) in [7, 11) is 0. The zero-order valence-electron chi connectivity index (χ0n) is 8.97. The molecule has 1 atom stereocenters. The third-order valence-corrected chi connectivity index (χ3v) is 3.63. The highest BCUT2D eigenvalue weighted by atomic mass is 79.9. The van der Waals surface area contributed by atoms with Crippen molar-refractivity contribution in [1.29, 1.82) is 0 Å². The predicted molar refractivity (Wildman–Crippen MR) is 72.5 cm³/mol. The van der Waals surface area contributed by atoms with Crippen LogP contribution < -0.4 is 10.5 Å². The SMILES string of the molecule is CCCC(CN)Oc1cc(Cl)c(Br)cc1Cl. The number of benzene rings is 1. The Balaban J connectivity index is 2.83. The van der Waals surface area contributed by atoms with Gasteiger partial charge < -0.3 is 10.5 Å². The first-order valence-corrected chi connectivity index (χ1v) is 6.64. The van der Waals surface area contributed by atoms with E-state index in [1.807, 2.05) is 0 Å². The molecule has 2 nitrogen and oxygen atoms in total. The van der Waals surface area contributed by atoms with E-state index in [1.165, 1.54) is 0 Å². The summed E-state index contributed by atoms with van der Waals surface area (Å²) in [5.41, 5.74) is 5.61. The maximum atomic E-state index is 6.05. The third kappa shape index (κ3) is 3.81. The van der Waals surface area contributed by atoms with E-state index in [0.29, 0.717) is 22.3 Å². The average molecular weight is 327 g/mol. The van der Waals surface area contributed by atoms with Gasteiger partial charge in [-0.1, -0.05) is 36.5 Å². The third-order valence-electron chi connectivity index (χ3n) is 2.14. The van der Waals surface area contributed by atoms with Crippen molar-refractivity contribution in [3.63, 3.8) is 0 Å². The van der Waals surface area contributed by atoms with Crippen molar-refractivity contribution in [2.24, 2.45) is 5.73 Å². The molecule has 0 aliphatic carbocycles. The molecule has 0 radical (unpaired) electrons. The Morgan fingerprint density at radius 2 is 2.06 bits per heavy atom. The number of hydrogen-bond acceptors (Lipinski definition) is 2. The van der Waals surface area contributed by atoms with Gasteiger partial charge in [-0.3, -0.25) is 0 Å². The van der Waals surface area contributed by atoms with Crippen LogP contribution in [0.4, 0.5) is 0 Å². The van der Waals surface area contributed by atoms with Crippen molar-refractivity contribution in [2.75, 3.05) is 6.54 Å². The van der Waals surface area contributed by atoms with Crippen LogP contribution in [-0.2, 0) is 0 Å². The maximum Gasteiger partial charge on any atom is 0.139 e. The second-order valence-corrected chi connectivity index (χ2v) is 5.13. The van der Waals surface area contributed by atoms with E-state index in [2.05, 4.69) is 22.9 Å². The molecule has 1 rings (SSSR count). The lowest BCUT2D eigenvalue weighted by Crippen LogP contribution is -2.26. The van der Waals surface area contributed by atoms with E-state index in [-0.39, 0.29) is 6.10 Å². The first-order chi connectivity index (χ1) is 7.58. The lowest BCUT2D eigenvalue weighted by Gasteiger charge is -2.18. The standard InChI is InChI=1S/C11H14BrCl2NO/c1-2-3-7(6-15)16-11-5-9(13)8(12)4-10(11)14/h4-5,7H,2-3,6,15H2,1H3. The monoisotopic (exact) mass is 325 g/mol. The molecule has 0 saturated heterocycles. The fourth-order valence-corrected chi connectivity index (χ4v) is 2.16. The van der Waals surface area contributed by atoms with Crippen LogP contribution >= 0.6 is 39.1 Å². The summed E-state index contributed by atoms with van der Waals surface area (Å²) >= 11 is 15.3. The number of halogens is 3. The van der Waals surface area contributed by atoms with Crippen molar-refractivity contribution in [2.45, 2.75) is 25.9 Å². The Labute approximate surface area is 114 Å². The molecular weight excluding hydrogens is 313 g/mol. The smallest absolute Gasteiger partial charge is 0.139 e. The summed E-state index contributed by atoms with van der Waals surface area (Å²) in [6, 6.07) is 3.42. The zero-order chi connectivity index (χ0) is 12.1. The van der Waals surface area contributed by atoms with Crippen LogP contribution in [0.5, 0.6) is 5.75 Å². The van der Waals surface area contributed by atoms with Gasteiger partial charge >= 0.3 is 0 Å². The molecule has 1 unspecified atom stereocenters. The largest absolute Gasteiger partial charge is 0.487 e. The Kier molecular flexibility index (Phi) is 5.90. The molecule has 0 spiro atoms. The molecule has 2 N–H and O–H groups in total. The molecule has 0 aliphatic heterocycles. The first-order valence-electron chi connectivity index (χ1n) is 5.09. The van der Waals surface area contributed by atoms with E-state index in [4.69, 9.17) is 33.7 Å². The Morgan fingerprint density at radius 1 is 1.38 bits per heavy atom. The van der Waals surface area contributed by atoms with Crippen molar-refractivity contribution in [1.82, 2.24) is 0 Å². The summed E-state index contributed by atoms with van der Waals surface area (Å²) in [5, 5.41) is 1.11. The van der Waals surface area contributed by atoms with Gasteiger partial charge in [0.2, 0.25) is 0 Å². The minimum Gasteiger partial charge on any atom is -0.487 e. The van der Waals surface area contributed by atoms with Crippen molar-refractivity contribution in [3.8, 4) is 5.75 Å². The second kappa shape index (κ2) is 6.70. The van der Waals surface area contributed by atoms with Gasteiger partial charge in [0.25, 0.3) is 0 Å². The Bertz CT molecular complexity index is 360. The molecule has 0 bridgehead atoms. The number of nitrogens with two attached hydrogens (primary N) is 1. The van der Waals surface area contributed by atoms with Gasteiger partial charge in [0.15, 0.2) is 0 Å². The highest BCUT2D eigenvalue weighted by Gasteiger charge is 2.12. The minimum atomic E-state index is -0.0141. The van der Waals surface area contributed by atoms with Gasteiger partial charge in [-0.05, 0) is 28.4 Å². The average Bonchev–Trinajstić information content (AvgIpc) is 2.25. The number of ether oxygens (including phenoxy) is 1. The quantitative estimate of drug-likeness (QED) is 0.820. The number of rotatable bonds is 5. The van der Waals surface area contributed by atoms with Crippen molar-refractivity contribution >= 4 is 39.1 Å². The highest BCUT2D eigenvalue weighted by Crippen LogP contribution is 2.34. The van der Waals surface area contributed by atoms with Gasteiger partial charge in [0, 0.05) is 17.1 Å². The molecule has 5 heteroatoms. The number of hydrogen-bond donors (Lipinski definition) is 1. The minimum absolute atomic E-state index is 0.0141. The van der Waals surface area contributed by atoms with Crippen LogP contribution in [0.3, 0.4) is 0 Å². The lowest BCUT2D eigenvalue weighted by molar-refractivity contribution is 0.198. The van der Waals surface area contributed by atoms with Gasteiger partial charge in [-0.25, -0.2) is 0 Å². The summed E-state index contributed by atoms with van der Waals surface area (Å²) in [6.07, 6.45) is 1.91. The fourth-order valence-electron chi connectivity index (χ4n) is 1.32. The molecule has 0 heterocycles. The van der Waals surface area contributed by atoms with E-state index >= 15 is 0 Å². The molecule has 90 valence electrons. The van der Waals surface area contributed by atoms with Crippen LogP contribution in [-0.4, -0.2) is 12.6 Å². The molecule has 1 aromatic carbocycles. The van der Waals surface area contributed by atoms with Crippen LogP contribution in [0.2, 0.25) is 10.0 Å². The molecule has 0 saturated carbocycles. The maximum absolute atomic E-state index is 6.05. The topological polar surface area (TPSA) is 35.2 Å². The summed E-state index contributed by atoms with van der Waals surface area (Å²) in [6.45, 7) is 2.56. The summed E-state index contributed by atoms with van der Waals surface area (Å²) in [4.78, 5) is 0. The molecule has 0 amide bonds. The van der Waals surface area contributed by atoms with Crippen LogP contribution in [0, 0.1) is 0 Å². The molecule has 0 aliphatic rings. The second-order valence-electron chi connectivity index (χ2n) is 3.46. The molecule has 0 aromatic heterocycles. The Morgan fingerprint density at radius 3 is 2.62 bits per heavy atom. The zero-order valence-corrected chi connectivity index (χ0v) is 12.1. The van der Waals surface area contributed by atoms with E-state index in [1.54, 1.807) is 12.1 Å². The Hall–Kier alpha value is 0.0400. The normalized spacial score (nSPS) is 12.6. The molecule has 1 aromatic rings. The van der Waals surface area contributed by atoms with Gasteiger partial charge in [0.05, 0.1) is 10.0 Å². The molecule has 16 heavy (non-hydrogen) atoms. The van der Waals surface area contributed by atoms with Crippen LogP contribution in [0.25, 0.3) is 0 Å². The van der Waals surface area contributed by atoms with E-state index in [9.17, 15) is 0 Å². The molecular formula is C11H14BrCl2NO. The van der Waals surface area contributed by atoms with Crippen LogP contribution in [0.15, 0.2) is 16.6 Å². The summed E-state index contributed by atoms with van der Waals surface area (Å²) in [5.74, 6) is 0.582. The fraction of sp³-hybridized carbons (Fsp3) is 0.455. The summed E-state index contributed by atoms with van der Waals surface area (Å²) < 4.78 is 6.46. The van der Waals surface area contributed by atoms with Crippen molar-refractivity contribution in [3.05, 3.63) is 26.7 Å². The highest BCUT2D eigenvalue weighted by molar-refractivity contribution is 9.10.